The van der Waals surface area contributed by atoms with E-state index in [1.54, 1.807) is 0 Å². The topological polar surface area (TPSA) is 86.8 Å². The van der Waals surface area contributed by atoms with Gasteiger partial charge in [-0.15, -0.1) is 0 Å². The molecule has 0 fully saturated rings. The number of unbranched alkanes of at least 4 members (excludes halogenated alkanes) is 1. The second-order valence-electron chi connectivity index (χ2n) is 7.69. The van der Waals surface area contributed by atoms with Gasteiger partial charge in [-0.2, -0.15) is 0 Å². The van der Waals surface area contributed by atoms with Crippen LogP contribution >= 0.6 is 0 Å². The summed E-state index contributed by atoms with van der Waals surface area (Å²) >= 11 is 0. The zero-order valence-electron chi connectivity index (χ0n) is 18.9. The quantitative estimate of drug-likeness (QED) is 0.500. The van der Waals surface area contributed by atoms with Gasteiger partial charge in [0.25, 0.3) is 0 Å². The van der Waals surface area contributed by atoms with Crippen molar-refractivity contribution in [3.05, 3.63) is 65.7 Å². The van der Waals surface area contributed by atoms with E-state index in [1.165, 1.54) is 54.3 Å². The van der Waals surface area contributed by atoms with Crippen LogP contribution in [0.1, 0.15) is 32.3 Å². The lowest BCUT2D eigenvalue weighted by Gasteiger charge is -2.31. The highest BCUT2D eigenvalue weighted by molar-refractivity contribution is 7.92. The SMILES string of the molecule is CCCCNC(=O)C(C)N(Cc1ccc(F)cc1)C(=O)CN(c1ccccc1F)S(C)(=O)=O. The zero-order chi connectivity index (χ0) is 24.6. The first-order chi connectivity index (χ1) is 15.5. The monoisotopic (exact) mass is 481 g/mol. The third-order valence-corrected chi connectivity index (χ3v) is 6.19. The minimum atomic E-state index is -4.02. The van der Waals surface area contributed by atoms with E-state index < -0.39 is 46.1 Å². The first-order valence-corrected chi connectivity index (χ1v) is 12.4. The van der Waals surface area contributed by atoms with Gasteiger partial charge >= 0.3 is 0 Å². The van der Waals surface area contributed by atoms with E-state index in [0.29, 0.717) is 16.4 Å². The van der Waals surface area contributed by atoms with Gasteiger partial charge in [-0.25, -0.2) is 17.2 Å². The Morgan fingerprint density at radius 1 is 1.06 bits per heavy atom. The smallest absolute Gasteiger partial charge is 0.244 e. The number of rotatable bonds is 11. The highest BCUT2D eigenvalue weighted by Crippen LogP contribution is 2.22. The lowest BCUT2D eigenvalue weighted by molar-refractivity contribution is -0.139. The van der Waals surface area contributed by atoms with Crippen molar-refractivity contribution in [1.29, 1.82) is 0 Å². The van der Waals surface area contributed by atoms with E-state index in [4.69, 9.17) is 0 Å². The fourth-order valence-electron chi connectivity index (χ4n) is 3.15. The predicted molar refractivity (Wildman–Crippen MR) is 123 cm³/mol. The first kappa shape index (κ1) is 26.2. The summed E-state index contributed by atoms with van der Waals surface area (Å²) in [5, 5.41) is 2.75. The highest BCUT2D eigenvalue weighted by atomic mass is 32.2. The Bertz CT molecular complexity index is 1060. The number of nitrogens with one attached hydrogen (secondary N) is 1. The largest absolute Gasteiger partial charge is 0.354 e. The second-order valence-corrected chi connectivity index (χ2v) is 9.60. The van der Waals surface area contributed by atoms with E-state index in [0.717, 1.165) is 25.2 Å². The molecule has 0 radical (unpaired) electrons. The summed E-state index contributed by atoms with van der Waals surface area (Å²) in [7, 11) is -4.02. The summed E-state index contributed by atoms with van der Waals surface area (Å²) in [5.74, 6) is -2.36. The van der Waals surface area contributed by atoms with Crippen molar-refractivity contribution in [1.82, 2.24) is 10.2 Å². The molecule has 2 amide bonds. The maximum absolute atomic E-state index is 14.3. The lowest BCUT2D eigenvalue weighted by atomic mass is 10.1. The van der Waals surface area contributed by atoms with Crippen LogP contribution in [0.2, 0.25) is 0 Å². The molecule has 10 heteroatoms. The average Bonchev–Trinajstić information content (AvgIpc) is 2.76. The van der Waals surface area contributed by atoms with E-state index in [-0.39, 0.29) is 12.2 Å². The number of carbonyl (C=O) groups excluding carboxylic acids is 2. The summed E-state index contributed by atoms with van der Waals surface area (Å²) in [6.07, 6.45) is 2.51. The van der Waals surface area contributed by atoms with Crippen molar-refractivity contribution in [3.63, 3.8) is 0 Å². The van der Waals surface area contributed by atoms with Gasteiger partial charge in [0.05, 0.1) is 11.9 Å². The van der Waals surface area contributed by atoms with Crippen LogP contribution < -0.4 is 9.62 Å². The molecule has 2 rings (SSSR count). The number of hydrogen-bond acceptors (Lipinski definition) is 4. The predicted octanol–water partition coefficient (Wildman–Crippen LogP) is 3.06. The van der Waals surface area contributed by atoms with Gasteiger partial charge in [0.2, 0.25) is 21.8 Å². The molecule has 7 nitrogen and oxygen atoms in total. The minimum absolute atomic E-state index is 0.0592. The maximum Gasteiger partial charge on any atom is 0.244 e. The van der Waals surface area contributed by atoms with Crippen molar-refractivity contribution in [2.75, 3.05) is 23.7 Å². The van der Waals surface area contributed by atoms with Crippen molar-refractivity contribution >= 4 is 27.5 Å². The molecule has 1 unspecified atom stereocenters. The zero-order valence-corrected chi connectivity index (χ0v) is 19.7. The summed E-state index contributed by atoms with van der Waals surface area (Å²) in [6.45, 7) is 3.17. The molecule has 0 aliphatic carbocycles. The van der Waals surface area contributed by atoms with E-state index >= 15 is 0 Å². The van der Waals surface area contributed by atoms with Crippen LogP contribution in [0.4, 0.5) is 14.5 Å². The Morgan fingerprint density at radius 2 is 1.70 bits per heavy atom. The Kier molecular flexibility index (Phi) is 9.33. The Morgan fingerprint density at radius 3 is 2.27 bits per heavy atom. The fraction of sp³-hybridized carbons (Fsp3) is 0.391. The molecule has 33 heavy (non-hydrogen) atoms. The molecule has 2 aromatic rings. The van der Waals surface area contributed by atoms with Gasteiger partial charge in [-0.3, -0.25) is 13.9 Å². The van der Waals surface area contributed by atoms with Crippen molar-refractivity contribution in [3.8, 4) is 0 Å². The molecule has 0 aromatic heterocycles. The number of para-hydroxylation sites is 1. The summed E-state index contributed by atoms with van der Waals surface area (Å²) < 4.78 is 53.1. The van der Waals surface area contributed by atoms with Gasteiger partial charge in [-0.05, 0) is 43.2 Å². The summed E-state index contributed by atoms with van der Waals surface area (Å²) in [5.41, 5.74) is 0.282. The molecule has 0 saturated carbocycles. The normalized spacial score (nSPS) is 12.2. The van der Waals surface area contributed by atoms with Crippen molar-refractivity contribution < 1.29 is 26.8 Å². The third-order valence-electron chi connectivity index (χ3n) is 5.06. The molecule has 0 aliphatic heterocycles. The van der Waals surface area contributed by atoms with E-state index in [1.807, 2.05) is 6.92 Å². The molecular weight excluding hydrogens is 452 g/mol. The van der Waals surface area contributed by atoms with Gasteiger partial charge in [0.1, 0.15) is 24.2 Å². The van der Waals surface area contributed by atoms with Crippen LogP contribution in [0.3, 0.4) is 0 Å². The summed E-state index contributed by atoms with van der Waals surface area (Å²) in [6, 6.07) is 9.68. The number of amides is 2. The van der Waals surface area contributed by atoms with Gasteiger partial charge in [-0.1, -0.05) is 37.6 Å². The van der Waals surface area contributed by atoms with E-state index in [2.05, 4.69) is 5.32 Å². The third kappa shape index (κ3) is 7.52. The molecule has 0 bridgehead atoms. The van der Waals surface area contributed by atoms with E-state index in [9.17, 15) is 26.8 Å². The molecule has 0 saturated heterocycles. The van der Waals surface area contributed by atoms with Crippen molar-refractivity contribution in [2.24, 2.45) is 0 Å². The van der Waals surface area contributed by atoms with Crippen LogP contribution in [-0.4, -0.2) is 50.5 Å². The Labute approximate surface area is 193 Å². The molecule has 1 N–H and O–H groups in total. The molecule has 2 aromatic carbocycles. The number of anilines is 1. The number of benzene rings is 2. The fourth-order valence-corrected chi connectivity index (χ4v) is 4.00. The van der Waals surface area contributed by atoms with Gasteiger partial charge in [0.15, 0.2) is 0 Å². The summed E-state index contributed by atoms with van der Waals surface area (Å²) in [4.78, 5) is 27.1. The average molecular weight is 482 g/mol. The second kappa shape index (κ2) is 11.7. The standard InChI is InChI=1S/C23H29F2N3O4S/c1-4-5-14-26-23(30)17(2)27(15-18-10-12-19(24)13-11-18)22(29)16-28(33(3,31)32)21-9-7-6-8-20(21)25/h6-13,17H,4-5,14-16H2,1-3H3,(H,26,30). The number of hydrogen-bond donors (Lipinski definition) is 1. The number of sulfonamides is 1. The van der Waals surface area contributed by atoms with Gasteiger partial charge < -0.3 is 10.2 Å². The Hall–Kier alpha value is -3.01. The number of nitrogens with zero attached hydrogens (tertiary/aromatic N) is 2. The molecule has 0 aliphatic rings. The van der Waals surface area contributed by atoms with Gasteiger partial charge in [0, 0.05) is 13.1 Å². The Balaban J connectivity index is 2.34. The highest BCUT2D eigenvalue weighted by Gasteiger charge is 2.30. The molecule has 0 heterocycles. The van der Waals surface area contributed by atoms with Crippen LogP contribution in [0.15, 0.2) is 48.5 Å². The molecule has 1 atom stereocenters. The van der Waals surface area contributed by atoms with Crippen LogP contribution in [0.5, 0.6) is 0 Å². The lowest BCUT2D eigenvalue weighted by Crippen LogP contribution is -2.51. The van der Waals surface area contributed by atoms with Crippen LogP contribution in [0.25, 0.3) is 0 Å². The molecular formula is C23H29F2N3O4S. The molecule has 180 valence electrons. The van der Waals surface area contributed by atoms with Crippen molar-refractivity contribution in [2.45, 2.75) is 39.3 Å². The van der Waals surface area contributed by atoms with Crippen LogP contribution in [0, 0.1) is 11.6 Å². The first-order valence-electron chi connectivity index (χ1n) is 10.6. The number of carbonyl (C=O) groups is 2. The minimum Gasteiger partial charge on any atom is -0.354 e. The molecule has 0 spiro atoms. The number of halogens is 2. The van der Waals surface area contributed by atoms with Crippen LogP contribution in [-0.2, 0) is 26.2 Å². The maximum atomic E-state index is 14.3.